The van der Waals surface area contributed by atoms with Crippen LogP contribution in [0.4, 0.5) is 0 Å². The molecule has 1 aliphatic rings. The molecule has 0 unspecified atom stereocenters. The summed E-state index contributed by atoms with van der Waals surface area (Å²) in [5.74, 6) is -0.902. The fourth-order valence-corrected chi connectivity index (χ4v) is 5.71. The molecule has 3 aromatic heterocycles. The number of hydrogen-bond donors (Lipinski definition) is 0. The number of carbonyl (C=O) groups excluding carboxylic acids is 2. The highest BCUT2D eigenvalue weighted by Crippen LogP contribution is 2.36. The van der Waals surface area contributed by atoms with Gasteiger partial charge in [-0.15, -0.1) is 11.3 Å². The van der Waals surface area contributed by atoms with Gasteiger partial charge >= 0.3 is 11.9 Å². The molecule has 0 bridgehead atoms. The van der Waals surface area contributed by atoms with E-state index in [1.807, 2.05) is 66.3 Å². The molecule has 0 spiro atoms. The van der Waals surface area contributed by atoms with E-state index in [0.717, 1.165) is 27.1 Å². The maximum Gasteiger partial charge on any atom is 0.338 e. The van der Waals surface area contributed by atoms with E-state index in [1.165, 1.54) is 0 Å². The lowest BCUT2D eigenvalue weighted by Crippen LogP contribution is -2.32. The van der Waals surface area contributed by atoms with Gasteiger partial charge in [0.25, 0.3) is 0 Å². The SMILES string of the molecule is Cc1ccccc1C(=O)OC[C@H]1O[C@@H](n2cnc3c(-c4cccs4)ccnc32)C[C@@H]1OC(=O)c1ccccc1C. The molecule has 4 heterocycles. The summed E-state index contributed by atoms with van der Waals surface area (Å²) in [6.45, 7) is 3.64. The Hall–Kier alpha value is -4.34. The third-order valence-electron chi connectivity index (χ3n) is 7.11. The smallest absolute Gasteiger partial charge is 0.338 e. The van der Waals surface area contributed by atoms with E-state index < -0.39 is 30.4 Å². The van der Waals surface area contributed by atoms with Gasteiger partial charge < -0.3 is 14.2 Å². The molecule has 8 nitrogen and oxygen atoms in total. The van der Waals surface area contributed by atoms with E-state index in [9.17, 15) is 9.59 Å². The second kappa shape index (κ2) is 11.0. The number of pyridine rings is 1. The molecule has 1 fully saturated rings. The molecule has 5 aromatic rings. The van der Waals surface area contributed by atoms with Crippen LogP contribution in [0.5, 0.6) is 0 Å². The average Bonchev–Trinajstić information content (AvgIpc) is 3.72. The highest BCUT2D eigenvalue weighted by Gasteiger charge is 2.41. The van der Waals surface area contributed by atoms with Crippen molar-refractivity contribution < 1.29 is 23.8 Å². The minimum atomic E-state index is -0.677. The van der Waals surface area contributed by atoms with Crippen LogP contribution in [0.25, 0.3) is 21.6 Å². The molecule has 0 saturated carbocycles. The van der Waals surface area contributed by atoms with Crippen LogP contribution >= 0.6 is 11.3 Å². The van der Waals surface area contributed by atoms with E-state index in [1.54, 1.807) is 48.1 Å². The monoisotopic (exact) mass is 553 g/mol. The van der Waals surface area contributed by atoms with Crippen LogP contribution in [-0.4, -0.2) is 45.3 Å². The quantitative estimate of drug-likeness (QED) is 0.223. The normalized spacial score (nSPS) is 18.6. The van der Waals surface area contributed by atoms with Gasteiger partial charge in [0.05, 0.1) is 17.5 Å². The minimum absolute atomic E-state index is 0.0735. The van der Waals surface area contributed by atoms with Gasteiger partial charge in [-0.2, -0.15) is 0 Å². The predicted molar refractivity (Wildman–Crippen MR) is 151 cm³/mol. The van der Waals surface area contributed by atoms with Crippen molar-refractivity contribution in [2.75, 3.05) is 6.61 Å². The Balaban J connectivity index is 1.27. The second-order valence-electron chi connectivity index (χ2n) is 9.70. The third-order valence-corrected chi connectivity index (χ3v) is 8.01. The molecule has 0 aliphatic carbocycles. The van der Waals surface area contributed by atoms with Gasteiger partial charge in [0.2, 0.25) is 0 Å². The van der Waals surface area contributed by atoms with Gasteiger partial charge in [0, 0.05) is 23.1 Å². The summed E-state index contributed by atoms with van der Waals surface area (Å²) in [6, 6.07) is 20.5. The van der Waals surface area contributed by atoms with Crippen molar-refractivity contribution in [2.24, 2.45) is 0 Å². The number of rotatable bonds is 7. The number of thiophene rings is 1. The van der Waals surface area contributed by atoms with Gasteiger partial charge in [-0.05, 0) is 54.6 Å². The number of ether oxygens (including phenoxy) is 3. The zero-order valence-electron chi connectivity index (χ0n) is 22.0. The Morgan fingerprint density at radius 2 is 1.68 bits per heavy atom. The fraction of sp³-hybridized carbons (Fsp3) is 0.226. The molecule has 0 N–H and O–H groups in total. The van der Waals surface area contributed by atoms with Crippen LogP contribution in [0.3, 0.4) is 0 Å². The fourth-order valence-electron chi connectivity index (χ4n) is 4.96. The van der Waals surface area contributed by atoms with Crippen LogP contribution in [-0.2, 0) is 14.2 Å². The zero-order chi connectivity index (χ0) is 27.6. The number of carbonyl (C=O) groups is 2. The maximum atomic E-state index is 13.1. The summed E-state index contributed by atoms with van der Waals surface area (Å²) < 4.78 is 19.9. The first-order valence-corrected chi connectivity index (χ1v) is 13.9. The van der Waals surface area contributed by atoms with E-state index in [2.05, 4.69) is 9.97 Å². The number of aryl methyl sites for hydroxylation is 2. The largest absolute Gasteiger partial charge is 0.459 e. The number of nitrogens with zero attached hydrogens (tertiary/aromatic N) is 3. The molecule has 202 valence electrons. The van der Waals surface area contributed by atoms with Crippen molar-refractivity contribution in [3.63, 3.8) is 0 Å². The number of fused-ring (bicyclic) bond motifs is 1. The van der Waals surface area contributed by atoms with E-state index >= 15 is 0 Å². The molecule has 0 radical (unpaired) electrons. The van der Waals surface area contributed by atoms with Crippen molar-refractivity contribution in [1.29, 1.82) is 0 Å². The van der Waals surface area contributed by atoms with E-state index in [0.29, 0.717) is 23.2 Å². The highest BCUT2D eigenvalue weighted by molar-refractivity contribution is 7.13. The Labute approximate surface area is 235 Å². The lowest BCUT2D eigenvalue weighted by Gasteiger charge is -2.19. The van der Waals surface area contributed by atoms with Crippen LogP contribution in [0.2, 0.25) is 0 Å². The van der Waals surface area contributed by atoms with E-state index in [4.69, 9.17) is 14.2 Å². The number of benzene rings is 2. The van der Waals surface area contributed by atoms with Crippen molar-refractivity contribution in [2.45, 2.75) is 38.7 Å². The van der Waals surface area contributed by atoms with Crippen LogP contribution in [0.15, 0.2) is 84.6 Å². The van der Waals surface area contributed by atoms with Gasteiger partial charge in [0.1, 0.15) is 30.6 Å². The summed E-state index contributed by atoms with van der Waals surface area (Å²) in [6.07, 6.45) is 1.94. The molecule has 0 amide bonds. The van der Waals surface area contributed by atoms with Crippen molar-refractivity contribution in [1.82, 2.24) is 14.5 Å². The molecule has 3 atom stereocenters. The first-order chi connectivity index (χ1) is 19.5. The average molecular weight is 554 g/mol. The molecular weight excluding hydrogens is 526 g/mol. The van der Waals surface area contributed by atoms with E-state index in [-0.39, 0.29) is 6.61 Å². The number of aromatic nitrogens is 3. The highest BCUT2D eigenvalue weighted by atomic mass is 32.1. The second-order valence-corrected chi connectivity index (χ2v) is 10.6. The maximum absolute atomic E-state index is 13.1. The summed E-state index contributed by atoms with van der Waals surface area (Å²) in [5.41, 5.74) is 5.01. The van der Waals surface area contributed by atoms with Gasteiger partial charge in [-0.3, -0.25) is 4.57 Å². The topological polar surface area (TPSA) is 92.5 Å². The zero-order valence-corrected chi connectivity index (χ0v) is 22.8. The number of esters is 2. The van der Waals surface area contributed by atoms with Crippen LogP contribution in [0.1, 0.15) is 44.5 Å². The third kappa shape index (κ3) is 5.01. The first-order valence-electron chi connectivity index (χ1n) is 13.0. The number of imidazole rings is 1. The summed E-state index contributed by atoms with van der Waals surface area (Å²) in [5, 5.41) is 2.02. The minimum Gasteiger partial charge on any atom is -0.459 e. The van der Waals surface area contributed by atoms with Crippen molar-refractivity contribution >= 4 is 34.4 Å². The van der Waals surface area contributed by atoms with Gasteiger partial charge in [-0.1, -0.05) is 42.5 Å². The molecule has 9 heteroatoms. The van der Waals surface area contributed by atoms with Gasteiger partial charge in [0.15, 0.2) is 5.65 Å². The molecule has 2 aromatic carbocycles. The predicted octanol–water partition coefficient (Wildman–Crippen LogP) is 6.15. The Morgan fingerprint density at radius 1 is 0.950 bits per heavy atom. The Morgan fingerprint density at radius 3 is 2.38 bits per heavy atom. The number of hydrogen-bond acceptors (Lipinski definition) is 8. The summed E-state index contributed by atoms with van der Waals surface area (Å²) in [4.78, 5) is 36.3. The molecular formula is C31H27N3O5S. The summed E-state index contributed by atoms with van der Waals surface area (Å²) in [7, 11) is 0. The first kappa shape index (κ1) is 25.9. The Kier molecular flexibility index (Phi) is 7.15. The van der Waals surface area contributed by atoms with Gasteiger partial charge in [-0.25, -0.2) is 19.6 Å². The molecule has 40 heavy (non-hydrogen) atoms. The lowest BCUT2D eigenvalue weighted by molar-refractivity contribution is -0.0563. The molecule has 1 saturated heterocycles. The molecule has 1 aliphatic heterocycles. The standard InChI is InChI=1S/C31H27N3O5S/c1-19-8-3-5-10-21(19)30(35)37-17-25-24(39-31(36)22-11-6-4-9-20(22)2)16-27(38-25)34-18-33-28-23(13-14-32-29(28)34)26-12-7-15-40-26/h3-15,18,24-25,27H,16-17H2,1-2H3/t24-,25+,27+/m0/s1. The van der Waals surface area contributed by atoms with Crippen LogP contribution in [0, 0.1) is 13.8 Å². The van der Waals surface area contributed by atoms with Crippen molar-refractivity contribution in [3.05, 3.63) is 107 Å². The lowest BCUT2D eigenvalue weighted by atomic mass is 10.1. The summed E-state index contributed by atoms with van der Waals surface area (Å²) >= 11 is 1.63. The van der Waals surface area contributed by atoms with Crippen molar-refractivity contribution in [3.8, 4) is 10.4 Å². The van der Waals surface area contributed by atoms with Crippen LogP contribution < -0.4 is 0 Å². The Bertz CT molecular complexity index is 1680. The molecule has 6 rings (SSSR count).